The van der Waals surface area contributed by atoms with Gasteiger partial charge in [-0.25, -0.2) is 10.1 Å². The summed E-state index contributed by atoms with van der Waals surface area (Å²) in [5.41, 5.74) is 5.13. The second-order valence-corrected chi connectivity index (χ2v) is 6.37. The second-order valence-electron chi connectivity index (χ2n) is 5.51. The molecule has 0 fully saturated rings. The van der Waals surface area contributed by atoms with Crippen molar-refractivity contribution in [3.8, 4) is 33.5 Å². The molecule has 0 atom stereocenters. The van der Waals surface area contributed by atoms with Gasteiger partial charge in [-0.15, -0.1) is 11.3 Å². The molecule has 1 aromatic carbocycles. The van der Waals surface area contributed by atoms with E-state index in [2.05, 4.69) is 26.6 Å². The van der Waals surface area contributed by atoms with Crippen LogP contribution < -0.4 is 0 Å². The highest BCUT2D eigenvalue weighted by Crippen LogP contribution is 2.33. The Hall–Kier alpha value is -2.93. The van der Waals surface area contributed by atoms with Crippen LogP contribution in [0.3, 0.4) is 0 Å². The second kappa shape index (κ2) is 5.61. The SMILES string of the molecule is Cc1cc(-c2csc(-c3ccc(O)cc3)n2)c(C)n1-c1ncn[nH]1. The summed E-state index contributed by atoms with van der Waals surface area (Å²) in [5.74, 6) is 0.955. The first-order valence-corrected chi connectivity index (χ1v) is 8.31. The van der Waals surface area contributed by atoms with Crippen molar-refractivity contribution in [2.75, 3.05) is 0 Å². The molecule has 3 heterocycles. The Balaban J connectivity index is 1.75. The van der Waals surface area contributed by atoms with Crippen molar-refractivity contribution >= 4 is 11.3 Å². The highest BCUT2D eigenvalue weighted by atomic mass is 32.1. The average molecular weight is 337 g/mol. The van der Waals surface area contributed by atoms with Crippen LogP contribution in [0.4, 0.5) is 0 Å². The summed E-state index contributed by atoms with van der Waals surface area (Å²) < 4.78 is 2.03. The fourth-order valence-electron chi connectivity index (χ4n) is 2.79. The van der Waals surface area contributed by atoms with E-state index in [1.807, 2.05) is 30.5 Å². The Kier molecular flexibility index (Phi) is 3.42. The molecule has 0 saturated carbocycles. The first-order valence-electron chi connectivity index (χ1n) is 7.43. The molecular formula is C17H15N5OS. The monoisotopic (exact) mass is 337 g/mol. The minimum Gasteiger partial charge on any atom is -0.508 e. The fourth-order valence-corrected chi connectivity index (χ4v) is 3.61. The van der Waals surface area contributed by atoms with Gasteiger partial charge in [0, 0.05) is 27.9 Å². The number of nitrogens with zero attached hydrogens (tertiary/aromatic N) is 4. The van der Waals surface area contributed by atoms with E-state index in [0.29, 0.717) is 5.95 Å². The Morgan fingerprint density at radius 2 is 1.96 bits per heavy atom. The number of phenolic OH excluding ortho intramolecular Hbond substituents is 1. The molecule has 4 aromatic rings. The van der Waals surface area contributed by atoms with Crippen LogP contribution in [0.1, 0.15) is 11.4 Å². The van der Waals surface area contributed by atoms with Crippen LogP contribution in [0.25, 0.3) is 27.8 Å². The predicted molar refractivity (Wildman–Crippen MR) is 93.4 cm³/mol. The quantitative estimate of drug-likeness (QED) is 0.597. The van der Waals surface area contributed by atoms with Gasteiger partial charge in [0.2, 0.25) is 5.95 Å². The van der Waals surface area contributed by atoms with Crippen molar-refractivity contribution < 1.29 is 5.11 Å². The van der Waals surface area contributed by atoms with Gasteiger partial charge in [0.1, 0.15) is 17.1 Å². The minimum atomic E-state index is 0.256. The summed E-state index contributed by atoms with van der Waals surface area (Å²) in [6, 6.07) is 9.19. The van der Waals surface area contributed by atoms with Gasteiger partial charge in [-0.1, -0.05) is 0 Å². The summed E-state index contributed by atoms with van der Waals surface area (Å²) in [5, 5.41) is 19.2. The molecule has 0 aliphatic carbocycles. The molecule has 0 aliphatic rings. The number of phenols is 1. The molecule has 0 aliphatic heterocycles. The van der Waals surface area contributed by atoms with Crippen LogP contribution in [0.15, 0.2) is 42.0 Å². The molecule has 120 valence electrons. The number of aromatic nitrogens is 5. The predicted octanol–water partition coefficient (Wildman–Crippen LogP) is 3.71. The van der Waals surface area contributed by atoms with E-state index in [1.165, 1.54) is 6.33 Å². The van der Waals surface area contributed by atoms with Gasteiger partial charge < -0.3 is 5.11 Å². The van der Waals surface area contributed by atoms with Crippen LogP contribution in [-0.2, 0) is 0 Å². The molecule has 6 nitrogen and oxygen atoms in total. The fraction of sp³-hybridized carbons (Fsp3) is 0.118. The maximum absolute atomic E-state index is 9.41. The molecule has 0 saturated heterocycles. The topological polar surface area (TPSA) is 79.6 Å². The molecule has 0 spiro atoms. The number of benzene rings is 1. The molecular weight excluding hydrogens is 322 g/mol. The van der Waals surface area contributed by atoms with Crippen molar-refractivity contribution in [2.24, 2.45) is 0 Å². The third-order valence-electron chi connectivity index (χ3n) is 3.94. The normalized spacial score (nSPS) is 11.1. The van der Waals surface area contributed by atoms with Crippen molar-refractivity contribution in [3.63, 3.8) is 0 Å². The van der Waals surface area contributed by atoms with Gasteiger partial charge in [-0.3, -0.25) is 4.57 Å². The van der Waals surface area contributed by atoms with Crippen LogP contribution in [0, 0.1) is 13.8 Å². The van der Waals surface area contributed by atoms with Gasteiger partial charge in [0.05, 0.1) is 5.69 Å². The number of hydrogen-bond donors (Lipinski definition) is 2. The number of thiazole rings is 1. The van der Waals surface area contributed by atoms with Gasteiger partial charge in [0.25, 0.3) is 0 Å². The third kappa shape index (κ3) is 2.39. The standard InChI is InChI=1S/C17H15N5OS/c1-10-7-14(11(2)22(10)17-18-9-19-21-17)15-8-24-16(20-15)12-3-5-13(23)6-4-12/h3-9,23H,1-2H3,(H,18,19,21). The van der Waals surface area contributed by atoms with Gasteiger partial charge >= 0.3 is 0 Å². The summed E-state index contributed by atoms with van der Waals surface area (Å²) in [4.78, 5) is 8.99. The van der Waals surface area contributed by atoms with Crippen molar-refractivity contribution in [1.82, 2.24) is 24.7 Å². The first-order chi connectivity index (χ1) is 11.6. The largest absolute Gasteiger partial charge is 0.508 e. The van der Waals surface area contributed by atoms with Crippen LogP contribution in [0.2, 0.25) is 0 Å². The van der Waals surface area contributed by atoms with E-state index in [0.717, 1.165) is 33.2 Å². The van der Waals surface area contributed by atoms with Gasteiger partial charge in [-0.2, -0.15) is 10.1 Å². The Morgan fingerprint density at radius 3 is 2.67 bits per heavy atom. The molecule has 2 N–H and O–H groups in total. The zero-order valence-corrected chi connectivity index (χ0v) is 14.0. The van der Waals surface area contributed by atoms with E-state index in [4.69, 9.17) is 4.98 Å². The minimum absolute atomic E-state index is 0.256. The third-order valence-corrected chi connectivity index (χ3v) is 4.83. The molecule has 3 aromatic heterocycles. The highest BCUT2D eigenvalue weighted by molar-refractivity contribution is 7.13. The number of rotatable bonds is 3. The lowest BCUT2D eigenvalue weighted by atomic mass is 10.2. The number of aromatic hydroxyl groups is 1. The van der Waals surface area contributed by atoms with Crippen molar-refractivity contribution in [1.29, 1.82) is 0 Å². The van der Waals surface area contributed by atoms with Gasteiger partial charge in [0.15, 0.2) is 0 Å². The van der Waals surface area contributed by atoms with Crippen molar-refractivity contribution in [3.05, 3.63) is 53.4 Å². The van der Waals surface area contributed by atoms with Crippen LogP contribution >= 0.6 is 11.3 Å². The summed E-state index contributed by atoms with van der Waals surface area (Å²) in [7, 11) is 0. The molecule has 7 heteroatoms. The summed E-state index contributed by atoms with van der Waals surface area (Å²) >= 11 is 1.59. The molecule has 0 amide bonds. The van der Waals surface area contributed by atoms with Crippen LogP contribution in [-0.4, -0.2) is 29.8 Å². The number of aromatic amines is 1. The molecule has 0 bridgehead atoms. The number of nitrogens with one attached hydrogen (secondary N) is 1. The molecule has 4 rings (SSSR count). The lowest BCUT2D eigenvalue weighted by Gasteiger charge is -2.04. The Bertz CT molecular complexity index is 983. The number of H-pyrrole nitrogens is 1. The van der Waals surface area contributed by atoms with Crippen LogP contribution in [0.5, 0.6) is 5.75 Å². The van der Waals surface area contributed by atoms with Crippen molar-refractivity contribution in [2.45, 2.75) is 13.8 Å². The van der Waals surface area contributed by atoms with E-state index in [9.17, 15) is 5.11 Å². The highest BCUT2D eigenvalue weighted by Gasteiger charge is 2.16. The first kappa shape index (κ1) is 14.6. The molecule has 0 radical (unpaired) electrons. The lowest BCUT2D eigenvalue weighted by molar-refractivity contribution is 0.475. The Morgan fingerprint density at radius 1 is 1.17 bits per heavy atom. The average Bonchev–Trinajstić information content (AvgIpc) is 3.29. The van der Waals surface area contributed by atoms with E-state index >= 15 is 0 Å². The zero-order chi connectivity index (χ0) is 16.7. The van der Waals surface area contributed by atoms with E-state index in [1.54, 1.807) is 23.5 Å². The number of aryl methyl sites for hydroxylation is 1. The maximum Gasteiger partial charge on any atom is 0.229 e. The maximum atomic E-state index is 9.41. The van der Waals surface area contributed by atoms with E-state index in [-0.39, 0.29) is 5.75 Å². The lowest BCUT2D eigenvalue weighted by Crippen LogP contribution is -2.01. The van der Waals surface area contributed by atoms with E-state index < -0.39 is 0 Å². The summed E-state index contributed by atoms with van der Waals surface area (Å²) in [6.07, 6.45) is 1.50. The molecule has 24 heavy (non-hydrogen) atoms. The smallest absolute Gasteiger partial charge is 0.229 e. The summed E-state index contributed by atoms with van der Waals surface area (Å²) in [6.45, 7) is 4.08. The Labute approximate surface area is 142 Å². The number of hydrogen-bond acceptors (Lipinski definition) is 5. The zero-order valence-electron chi connectivity index (χ0n) is 13.2. The molecule has 0 unspecified atom stereocenters. The van der Waals surface area contributed by atoms with Gasteiger partial charge in [-0.05, 0) is 44.2 Å².